The molecule has 170 valence electrons. The fraction of sp³-hybridized carbons (Fsp3) is 0.0385. The third-order valence-electron chi connectivity index (χ3n) is 4.58. The Morgan fingerprint density at radius 1 is 0.882 bits per heavy atom. The van der Waals surface area contributed by atoms with Gasteiger partial charge in [-0.25, -0.2) is 5.43 Å². The Labute approximate surface area is 196 Å². The van der Waals surface area contributed by atoms with E-state index in [0.717, 1.165) is 11.1 Å². The Hall–Kier alpha value is -4.85. The molecule has 0 aliphatic heterocycles. The molecule has 3 aromatic carbocycles. The lowest BCUT2D eigenvalue weighted by molar-refractivity contribution is -0.384. The first-order valence-electron chi connectivity index (χ1n) is 10.3. The topological polar surface area (TPSA) is 114 Å². The van der Waals surface area contributed by atoms with Crippen molar-refractivity contribution in [3.63, 3.8) is 0 Å². The van der Waals surface area contributed by atoms with Crippen molar-refractivity contribution in [2.75, 3.05) is 0 Å². The second kappa shape index (κ2) is 11.7. The molecule has 3 aromatic rings. The molecule has 0 unspecified atom stereocenters. The van der Waals surface area contributed by atoms with Crippen molar-refractivity contribution < 1.29 is 14.5 Å². The van der Waals surface area contributed by atoms with Crippen LogP contribution in [0.5, 0.6) is 0 Å². The summed E-state index contributed by atoms with van der Waals surface area (Å²) < 4.78 is 0. The van der Waals surface area contributed by atoms with Crippen molar-refractivity contribution in [3.05, 3.63) is 129 Å². The zero-order chi connectivity index (χ0) is 24.3. The number of nitrogens with one attached hydrogen (secondary N) is 2. The summed E-state index contributed by atoms with van der Waals surface area (Å²) >= 11 is 0. The molecular weight excluding hydrogens is 432 g/mol. The Kier molecular flexibility index (Phi) is 8.18. The molecule has 2 N–H and O–H groups in total. The number of benzene rings is 3. The first kappa shape index (κ1) is 23.8. The van der Waals surface area contributed by atoms with Gasteiger partial charge in [0.05, 0.1) is 11.1 Å². The molecule has 8 nitrogen and oxygen atoms in total. The number of hydrogen-bond acceptors (Lipinski definition) is 5. The normalized spacial score (nSPS) is 11.8. The number of allylic oxidation sites excluding steroid dienone is 2. The highest BCUT2D eigenvalue weighted by Crippen LogP contribution is 2.11. The van der Waals surface area contributed by atoms with Crippen LogP contribution in [0, 0.1) is 10.1 Å². The lowest BCUT2D eigenvalue weighted by Gasteiger charge is -2.09. The van der Waals surface area contributed by atoms with Gasteiger partial charge < -0.3 is 5.32 Å². The van der Waals surface area contributed by atoms with Gasteiger partial charge in [0.25, 0.3) is 17.5 Å². The molecule has 3 rings (SSSR count). The molecular formula is C26H22N4O4. The largest absolute Gasteiger partial charge is 0.317 e. The van der Waals surface area contributed by atoms with E-state index < -0.39 is 16.7 Å². The van der Waals surface area contributed by atoms with Gasteiger partial charge in [0.1, 0.15) is 5.70 Å². The van der Waals surface area contributed by atoms with Crippen LogP contribution in [0.1, 0.15) is 28.4 Å². The number of nitro groups is 1. The number of carbonyl (C=O) groups excluding carboxylic acids is 2. The van der Waals surface area contributed by atoms with Crippen LogP contribution in [0.25, 0.3) is 6.08 Å². The summed E-state index contributed by atoms with van der Waals surface area (Å²) in [5.74, 6) is -1.06. The van der Waals surface area contributed by atoms with E-state index in [0.29, 0.717) is 11.1 Å². The number of non-ortho nitro benzene ring substituents is 1. The maximum Gasteiger partial charge on any atom is 0.287 e. The van der Waals surface area contributed by atoms with Gasteiger partial charge in [0.2, 0.25) is 0 Å². The molecule has 0 spiro atoms. The first-order valence-corrected chi connectivity index (χ1v) is 10.3. The monoisotopic (exact) mass is 454 g/mol. The predicted octanol–water partition coefficient (Wildman–Crippen LogP) is 4.46. The molecule has 2 amide bonds. The van der Waals surface area contributed by atoms with Crippen LogP contribution >= 0.6 is 0 Å². The van der Waals surface area contributed by atoms with E-state index in [4.69, 9.17) is 0 Å². The van der Waals surface area contributed by atoms with Crippen LogP contribution in [0.2, 0.25) is 0 Å². The van der Waals surface area contributed by atoms with Gasteiger partial charge in [-0.15, -0.1) is 0 Å². The van der Waals surface area contributed by atoms with E-state index in [-0.39, 0.29) is 11.4 Å². The molecule has 0 saturated carbocycles. The quantitative estimate of drug-likeness (QED) is 0.172. The van der Waals surface area contributed by atoms with Crippen LogP contribution in [0.15, 0.2) is 107 Å². The molecule has 0 heterocycles. The number of carbonyl (C=O) groups is 2. The molecule has 0 radical (unpaired) electrons. The van der Waals surface area contributed by atoms with Crippen LogP contribution in [-0.2, 0) is 4.79 Å². The fourth-order valence-electron chi connectivity index (χ4n) is 2.93. The van der Waals surface area contributed by atoms with Crippen molar-refractivity contribution in [2.24, 2.45) is 5.10 Å². The van der Waals surface area contributed by atoms with Gasteiger partial charge in [-0.05, 0) is 54.0 Å². The molecule has 0 atom stereocenters. The standard InChI is InChI=1S/C26H22N4O4/c1-19(16-20-8-4-2-5-9-20)17-24(28-25(31)22-10-6-3-7-11-22)26(32)29-27-18-21-12-14-23(15-13-21)30(33)34/h2-18H,1H3,(H,28,31)(H,29,32). The number of rotatable bonds is 8. The summed E-state index contributed by atoms with van der Waals surface area (Å²) in [4.78, 5) is 35.7. The summed E-state index contributed by atoms with van der Waals surface area (Å²) in [7, 11) is 0. The van der Waals surface area contributed by atoms with Gasteiger partial charge in [-0.1, -0.05) is 54.6 Å². The van der Waals surface area contributed by atoms with Gasteiger partial charge >= 0.3 is 0 Å². The summed E-state index contributed by atoms with van der Waals surface area (Å²) in [5.41, 5.74) is 5.00. The van der Waals surface area contributed by atoms with Crippen molar-refractivity contribution in [3.8, 4) is 0 Å². The van der Waals surface area contributed by atoms with Gasteiger partial charge in [0.15, 0.2) is 0 Å². The van der Waals surface area contributed by atoms with Crippen molar-refractivity contribution >= 4 is 29.8 Å². The Morgan fingerprint density at radius 2 is 1.50 bits per heavy atom. The average molecular weight is 454 g/mol. The second-order valence-corrected chi connectivity index (χ2v) is 7.22. The Bertz CT molecular complexity index is 1250. The Morgan fingerprint density at radius 3 is 2.12 bits per heavy atom. The van der Waals surface area contributed by atoms with Gasteiger partial charge in [-0.3, -0.25) is 19.7 Å². The molecule has 0 aliphatic rings. The van der Waals surface area contributed by atoms with E-state index in [9.17, 15) is 19.7 Å². The second-order valence-electron chi connectivity index (χ2n) is 7.22. The lowest BCUT2D eigenvalue weighted by atomic mass is 10.1. The van der Waals surface area contributed by atoms with E-state index >= 15 is 0 Å². The summed E-state index contributed by atoms with van der Waals surface area (Å²) in [6.07, 6.45) is 4.79. The predicted molar refractivity (Wildman–Crippen MR) is 131 cm³/mol. The van der Waals surface area contributed by atoms with E-state index in [2.05, 4.69) is 15.8 Å². The summed E-state index contributed by atoms with van der Waals surface area (Å²) in [6.45, 7) is 1.81. The smallest absolute Gasteiger partial charge is 0.287 e. The highest BCUT2D eigenvalue weighted by Gasteiger charge is 2.14. The minimum absolute atomic E-state index is 0.0133. The lowest BCUT2D eigenvalue weighted by Crippen LogP contribution is -2.33. The average Bonchev–Trinajstić information content (AvgIpc) is 2.85. The Balaban J connectivity index is 1.78. The van der Waals surface area contributed by atoms with E-state index in [1.165, 1.54) is 30.5 Å². The number of amides is 2. The molecule has 34 heavy (non-hydrogen) atoms. The molecule has 0 fully saturated rings. The molecule has 0 aliphatic carbocycles. The zero-order valence-electron chi connectivity index (χ0n) is 18.3. The van der Waals surface area contributed by atoms with Crippen LogP contribution in [-0.4, -0.2) is 23.0 Å². The number of hydrazone groups is 1. The van der Waals surface area contributed by atoms with E-state index in [1.807, 2.05) is 43.3 Å². The van der Waals surface area contributed by atoms with Crippen molar-refractivity contribution in [1.29, 1.82) is 0 Å². The van der Waals surface area contributed by atoms with Crippen LogP contribution < -0.4 is 10.7 Å². The van der Waals surface area contributed by atoms with E-state index in [1.54, 1.807) is 36.4 Å². The van der Waals surface area contributed by atoms with Gasteiger partial charge in [-0.2, -0.15) is 5.10 Å². The minimum atomic E-state index is -0.622. The molecule has 0 aromatic heterocycles. The highest BCUT2D eigenvalue weighted by molar-refractivity contribution is 6.03. The SMILES string of the molecule is CC(=Cc1ccccc1)C=C(NC(=O)c1ccccc1)C(=O)NN=Cc1ccc([N+](=O)[O-])cc1. The minimum Gasteiger partial charge on any atom is -0.317 e. The molecule has 0 bridgehead atoms. The van der Waals surface area contributed by atoms with Crippen LogP contribution in [0.4, 0.5) is 5.69 Å². The highest BCUT2D eigenvalue weighted by atomic mass is 16.6. The van der Waals surface area contributed by atoms with Crippen molar-refractivity contribution in [2.45, 2.75) is 6.92 Å². The number of nitro benzene ring substituents is 1. The summed E-state index contributed by atoms with van der Waals surface area (Å²) in [5, 5.41) is 17.3. The number of nitrogens with zero attached hydrogens (tertiary/aromatic N) is 2. The fourth-order valence-corrected chi connectivity index (χ4v) is 2.93. The zero-order valence-corrected chi connectivity index (χ0v) is 18.3. The molecule has 0 saturated heterocycles. The van der Waals surface area contributed by atoms with Gasteiger partial charge in [0, 0.05) is 17.7 Å². The van der Waals surface area contributed by atoms with Crippen LogP contribution in [0.3, 0.4) is 0 Å². The summed E-state index contributed by atoms with van der Waals surface area (Å²) in [6, 6.07) is 23.8. The molecule has 8 heteroatoms. The third-order valence-corrected chi connectivity index (χ3v) is 4.58. The third kappa shape index (κ3) is 7.10. The maximum absolute atomic E-state index is 12.8. The number of hydrogen-bond donors (Lipinski definition) is 2. The first-order chi connectivity index (χ1) is 16.4. The van der Waals surface area contributed by atoms with Crippen molar-refractivity contribution in [1.82, 2.24) is 10.7 Å². The maximum atomic E-state index is 12.8.